The molecule has 0 amide bonds. The molecule has 8 aromatic carbocycles. The highest BCUT2D eigenvalue weighted by Gasteiger charge is 2.36. The molecule has 8 nitrogen and oxygen atoms in total. The van der Waals surface area contributed by atoms with E-state index < -0.39 is 0 Å². The molecule has 0 unspecified atom stereocenters. The molecule has 0 saturated heterocycles. The quantitative estimate of drug-likeness (QED) is 0.138. The summed E-state index contributed by atoms with van der Waals surface area (Å²) in [5.41, 5.74) is 56.8. The normalized spacial score (nSPS) is 13.3. The molecule has 0 N–H and O–H groups in total. The minimum Gasteiger partial charge on any atom is -0.238 e. The van der Waals surface area contributed by atoms with Crippen LogP contribution in [-0.2, 0) is 60.2 Å². The highest BCUT2D eigenvalue weighted by atomic mass is 14.9. The SMILES string of the molecule is Cc1nc(C(C)(C)C)c2c(n1)c1c(C)c(C)c(C)c(C)c1c1c(C)c(C)c(C)c(C)c21.Cc1nc2c(c(C(C)(C)C)n1)Cc1c(C)c(C)c(C)c(C)c1C2.Cc1nc2c(c(C(C)(C)C)n1)Cc1c(c(C)c(C)c3c(C)c(C)c(C)c(C)c13)C2.Cc1nc2c(c(C(C)(C)C)n1)Cc1c(c(C)c3c(C)c(C)c(C)c(C)c3c1C)C2. The van der Waals surface area contributed by atoms with E-state index in [1.54, 1.807) is 0 Å². The monoisotopic (exact) mass is 1490 g/mol. The van der Waals surface area contributed by atoms with Crippen LogP contribution >= 0.6 is 0 Å². The zero-order chi connectivity index (χ0) is 83.1. The van der Waals surface area contributed by atoms with E-state index in [2.05, 4.69) is 249 Å². The standard InChI is InChI=1S/C29H36N2.2C27H34N2.C21H28N2/c1-13-14(2)19(7)24-22(17(13)5)23-18(6)15(3)16(4)20(8)25(23)27-26(24)28(29(10,11)12)31-21(9)30-27;1-13-14(2)17(5)25-21-11-22-23(28-19(7)29-26(22)27(8,9)10)12-20(21)15(3)18(6)24(25)16(13)4;1-13-14(2)16(4)25-18(6)21-12-23-22(11-20(21)17(5)24(25)15(13)3)26(27(8,9)10)29-19(7)28-23;1-11-12(2)14(4)17-10-19-18(9-16(17)13(11)3)20(21(6,7)8)23-15(5)22-19/h1-12H3;2*11-12H2,1-10H3;9-10H2,1-8H3. The zero-order valence-electron chi connectivity index (χ0n) is 76.8. The summed E-state index contributed by atoms with van der Waals surface area (Å²) in [7, 11) is 0. The van der Waals surface area contributed by atoms with E-state index >= 15 is 0 Å². The van der Waals surface area contributed by atoms with Gasteiger partial charge < -0.3 is 0 Å². The van der Waals surface area contributed by atoms with Crippen molar-refractivity contribution in [2.45, 2.75) is 337 Å². The van der Waals surface area contributed by atoms with Crippen LogP contribution in [0.1, 0.15) is 330 Å². The first-order chi connectivity index (χ1) is 51.8. The van der Waals surface area contributed by atoms with Crippen LogP contribution in [0.25, 0.3) is 54.0 Å². The van der Waals surface area contributed by atoms with Gasteiger partial charge in [-0.05, 0) is 398 Å². The number of nitrogens with zero attached hydrogens (tertiary/aromatic N) is 8. The van der Waals surface area contributed by atoms with Crippen molar-refractivity contribution < 1.29 is 0 Å². The molecule has 0 bridgehead atoms. The highest BCUT2D eigenvalue weighted by molar-refractivity contribution is 6.29. The van der Waals surface area contributed by atoms with E-state index in [0.29, 0.717) is 0 Å². The van der Waals surface area contributed by atoms with Crippen LogP contribution in [0.3, 0.4) is 0 Å². The molecule has 0 aliphatic heterocycles. The summed E-state index contributed by atoms with van der Waals surface area (Å²) in [6.07, 6.45) is 5.66. The Kier molecular flexibility index (Phi) is 21.2. The summed E-state index contributed by atoms with van der Waals surface area (Å²) in [4.78, 5) is 39.4. The Morgan fingerprint density at radius 3 is 0.696 bits per heavy atom. The van der Waals surface area contributed by atoms with Gasteiger partial charge in [0.2, 0.25) is 0 Å². The molecule has 8 heteroatoms. The Morgan fingerprint density at radius 2 is 0.357 bits per heavy atom. The van der Waals surface area contributed by atoms with Gasteiger partial charge in [0.25, 0.3) is 0 Å². The molecule has 4 heterocycles. The van der Waals surface area contributed by atoms with Crippen LogP contribution in [0.15, 0.2) is 0 Å². The predicted molar refractivity (Wildman–Crippen MR) is 479 cm³/mol. The molecule has 0 spiro atoms. The third-order valence-electron chi connectivity index (χ3n) is 28.1. The second-order valence-electron chi connectivity index (χ2n) is 38.9. The summed E-state index contributed by atoms with van der Waals surface area (Å²) < 4.78 is 0. The van der Waals surface area contributed by atoms with Gasteiger partial charge in [-0.3, -0.25) is 0 Å². The first kappa shape index (κ1) is 82.8. The van der Waals surface area contributed by atoms with E-state index in [1.807, 2.05) is 27.7 Å². The van der Waals surface area contributed by atoms with E-state index in [9.17, 15) is 0 Å². The highest BCUT2D eigenvalue weighted by Crippen LogP contribution is 2.50. The number of hydrogen-bond acceptors (Lipinski definition) is 8. The fourth-order valence-corrected chi connectivity index (χ4v) is 20.1. The Labute approximate surface area is 673 Å². The maximum Gasteiger partial charge on any atom is 0.126 e. The van der Waals surface area contributed by atoms with Gasteiger partial charge in [0.15, 0.2) is 0 Å². The molecule has 15 rings (SSSR count). The fourth-order valence-electron chi connectivity index (χ4n) is 20.1. The lowest BCUT2D eigenvalue weighted by molar-refractivity contribution is 0.552. The van der Waals surface area contributed by atoms with E-state index in [1.165, 1.54) is 266 Å². The molecule has 0 atom stereocenters. The van der Waals surface area contributed by atoms with Crippen molar-refractivity contribution in [1.82, 2.24) is 39.9 Å². The second-order valence-corrected chi connectivity index (χ2v) is 38.9. The van der Waals surface area contributed by atoms with Gasteiger partial charge in [-0.25, -0.2) is 39.9 Å². The average Bonchev–Trinajstić information content (AvgIpc) is 0.698. The maximum absolute atomic E-state index is 5.11. The second kappa shape index (κ2) is 28.7. The molecule has 3 aliphatic rings. The summed E-state index contributed by atoms with van der Waals surface area (Å²) in [6.45, 7) is 90.1. The van der Waals surface area contributed by atoms with Gasteiger partial charge in [-0.1, -0.05) is 83.1 Å². The first-order valence-corrected chi connectivity index (χ1v) is 41.6. The van der Waals surface area contributed by atoms with Crippen LogP contribution in [-0.4, -0.2) is 39.9 Å². The molecular weight excluding hydrogens is 1360 g/mol. The topological polar surface area (TPSA) is 103 Å². The number of rotatable bonds is 0. The average molecular weight is 1490 g/mol. The number of aryl methyl sites for hydroxylation is 15. The molecule has 0 radical (unpaired) electrons. The van der Waals surface area contributed by atoms with Gasteiger partial charge in [0.05, 0.1) is 45.4 Å². The number of hydrogen-bond donors (Lipinski definition) is 0. The molecular formula is C104H132N8. The number of aromatic nitrogens is 8. The van der Waals surface area contributed by atoms with Crippen LogP contribution in [0.5, 0.6) is 0 Å². The minimum absolute atomic E-state index is 0.0162. The third-order valence-corrected chi connectivity index (χ3v) is 28.1. The van der Waals surface area contributed by atoms with Gasteiger partial charge in [0.1, 0.15) is 23.3 Å². The molecule has 0 saturated carbocycles. The Balaban J connectivity index is 0.000000139. The lowest BCUT2D eigenvalue weighted by Gasteiger charge is -2.31. The number of benzene rings is 8. The van der Waals surface area contributed by atoms with Gasteiger partial charge in [0, 0.05) is 87.6 Å². The first-order valence-electron chi connectivity index (χ1n) is 41.6. The minimum atomic E-state index is -0.0750. The molecule has 588 valence electrons. The van der Waals surface area contributed by atoms with Crippen molar-refractivity contribution >= 4 is 54.0 Å². The van der Waals surface area contributed by atoms with Gasteiger partial charge in [-0.15, -0.1) is 0 Å². The third kappa shape index (κ3) is 13.5. The predicted octanol–water partition coefficient (Wildman–Crippen LogP) is 26.0. The lowest BCUT2D eigenvalue weighted by Crippen LogP contribution is -2.24. The summed E-state index contributed by atoms with van der Waals surface area (Å²) in [5.74, 6) is 3.54. The number of fused-ring (bicyclic) bond motifs is 15. The molecule has 3 aliphatic carbocycles. The van der Waals surface area contributed by atoms with Crippen molar-refractivity contribution in [2.24, 2.45) is 0 Å². The Morgan fingerprint density at radius 1 is 0.152 bits per heavy atom. The van der Waals surface area contributed by atoms with Gasteiger partial charge >= 0.3 is 0 Å². The largest absolute Gasteiger partial charge is 0.238 e. The van der Waals surface area contributed by atoms with Crippen molar-refractivity contribution in [3.8, 4) is 0 Å². The maximum atomic E-state index is 5.11. The van der Waals surface area contributed by atoms with E-state index in [4.69, 9.17) is 39.9 Å². The van der Waals surface area contributed by atoms with Crippen LogP contribution in [0, 0.1) is 194 Å². The van der Waals surface area contributed by atoms with Crippen molar-refractivity contribution in [3.05, 3.63) is 247 Å². The molecule has 12 aromatic rings. The lowest BCUT2D eigenvalue weighted by atomic mass is 9.75. The van der Waals surface area contributed by atoms with Crippen molar-refractivity contribution in [1.29, 1.82) is 0 Å². The Hall–Kier alpha value is -8.62. The summed E-state index contributed by atoms with van der Waals surface area (Å²) in [6, 6.07) is 0. The van der Waals surface area contributed by atoms with Gasteiger partial charge in [-0.2, -0.15) is 0 Å². The van der Waals surface area contributed by atoms with Crippen LogP contribution in [0.4, 0.5) is 0 Å². The molecule has 0 fully saturated rings. The molecule has 112 heavy (non-hydrogen) atoms. The van der Waals surface area contributed by atoms with Crippen molar-refractivity contribution in [3.63, 3.8) is 0 Å². The fraction of sp³-hybridized carbons (Fsp3) is 0.481. The van der Waals surface area contributed by atoms with E-state index in [0.717, 1.165) is 73.0 Å². The van der Waals surface area contributed by atoms with Crippen molar-refractivity contribution in [2.75, 3.05) is 0 Å². The Bertz CT molecular complexity index is 6060. The summed E-state index contributed by atoms with van der Waals surface area (Å²) in [5, 5.41) is 12.6. The molecule has 4 aromatic heterocycles. The zero-order valence-corrected chi connectivity index (χ0v) is 76.8. The van der Waals surface area contributed by atoms with E-state index in [-0.39, 0.29) is 21.7 Å². The summed E-state index contributed by atoms with van der Waals surface area (Å²) >= 11 is 0. The van der Waals surface area contributed by atoms with Crippen LogP contribution < -0.4 is 0 Å². The van der Waals surface area contributed by atoms with Crippen LogP contribution in [0.2, 0.25) is 0 Å². The smallest absolute Gasteiger partial charge is 0.126 e.